The molecule has 0 unspecified atom stereocenters. The van der Waals surface area contributed by atoms with Crippen molar-refractivity contribution in [3.05, 3.63) is 41.5 Å². The monoisotopic (exact) mass is 512 g/mol. The number of unbranched alkanes of at least 4 members (excludes halogenated alkanes) is 1. The molecule has 0 saturated heterocycles. The summed E-state index contributed by atoms with van der Waals surface area (Å²) < 4.78 is 51.4. The highest BCUT2D eigenvalue weighted by Gasteiger charge is 2.35. The number of carbonyl (C=O) groups is 1. The van der Waals surface area contributed by atoms with Crippen LogP contribution in [0.4, 0.5) is 29.2 Å². The predicted octanol–water partition coefficient (Wildman–Crippen LogP) is 4.19. The number of rotatable bonds is 14. The quantitative estimate of drug-likeness (QED) is 0.256. The van der Waals surface area contributed by atoms with Gasteiger partial charge in [0.1, 0.15) is 17.7 Å². The van der Waals surface area contributed by atoms with Gasteiger partial charge in [-0.05, 0) is 69.2 Å². The van der Waals surface area contributed by atoms with Crippen LogP contribution in [0.1, 0.15) is 49.2 Å². The number of carboxylic acid groups (broad SMARTS) is 1. The van der Waals surface area contributed by atoms with Gasteiger partial charge in [0.05, 0.1) is 6.67 Å². The van der Waals surface area contributed by atoms with Gasteiger partial charge in [0.15, 0.2) is 0 Å². The van der Waals surface area contributed by atoms with Gasteiger partial charge in [-0.3, -0.25) is 4.39 Å². The van der Waals surface area contributed by atoms with E-state index >= 15 is 0 Å². The lowest BCUT2D eigenvalue weighted by Crippen LogP contribution is -2.36. The Kier molecular flexibility index (Phi) is 10.2. The first kappa shape index (κ1) is 27.6. The first-order valence-corrected chi connectivity index (χ1v) is 12.2. The van der Waals surface area contributed by atoms with E-state index in [9.17, 15) is 27.5 Å². The van der Waals surface area contributed by atoms with E-state index in [0.29, 0.717) is 26.1 Å². The maximum atomic E-state index is 12.9. The Balaban J connectivity index is 1.50. The van der Waals surface area contributed by atoms with Gasteiger partial charge >= 0.3 is 12.1 Å². The predicted molar refractivity (Wildman–Crippen MR) is 128 cm³/mol. The second kappa shape index (κ2) is 13.3. The number of aliphatic carboxylic acids is 1. The lowest BCUT2D eigenvalue weighted by Gasteiger charge is -2.24. The fraction of sp³-hybridized carbons (Fsp3) is 0.583. The maximum Gasteiger partial charge on any atom is 0.451 e. The fourth-order valence-corrected chi connectivity index (χ4v) is 4.09. The largest absolute Gasteiger partial charge is 0.480 e. The van der Waals surface area contributed by atoms with E-state index in [1.165, 1.54) is 11.6 Å². The second-order valence-corrected chi connectivity index (χ2v) is 8.77. The molecule has 0 aliphatic carbocycles. The molecule has 0 spiro atoms. The Hall–Kier alpha value is -3.02. The zero-order chi connectivity index (χ0) is 26.0. The highest BCUT2D eigenvalue weighted by Crippen LogP contribution is 2.26. The van der Waals surface area contributed by atoms with Gasteiger partial charge < -0.3 is 20.6 Å². The van der Waals surface area contributed by atoms with Crippen LogP contribution in [0.15, 0.2) is 24.4 Å². The van der Waals surface area contributed by atoms with E-state index in [-0.39, 0.29) is 12.2 Å². The smallest absolute Gasteiger partial charge is 0.451 e. The van der Waals surface area contributed by atoms with Crippen molar-refractivity contribution < 1.29 is 27.5 Å². The zero-order valence-corrected chi connectivity index (χ0v) is 20.0. The number of fused-ring (bicyclic) bond motifs is 1. The number of nitrogens with one attached hydrogen (secondary N) is 2. The molecule has 3 rings (SSSR count). The van der Waals surface area contributed by atoms with Crippen LogP contribution in [0.5, 0.6) is 0 Å². The molecule has 3 N–H and O–H groups in total. The summed E-state index contributed by atoms with van der Waals surface area (Å²) in [5, 5.41) is 15.4. The number of alkyl halides is 4. The summed E-state index contributed by atoms with van der Waals surface area (Å²) in [4.78, 5) is 24.9. The topological polar surface area (TPSA) is 103 Å². The molecular weight excluding hydrogens is 480 g/mol. The van der Waals surface area contributed by atoms with Crippen molar-refractivity contribution in [2.45, 2.75) is 57.2 Å². The molecule has 198 valence electrons. The summed E-state index contributed by atoms with van der Waals surface area (Å²) in [6.45, 7) is 1.92. The number of nitrogens with zero attached hydrogens (tertiary/aromatic N) is 4. The minimum Gasteiger partial charge on any atom is -0.480 e. The minimum absolute atomic E-state index is 0.116. The molecule has 2 aromatic rings. The molecule has 0 saturated carbocycles. The second-order valence-electron chi connectivity index (χ2n) is 8.77. The first-order chi connectivity index (χ1) is 17.3. The van der Waals surface area contributed by atoms with Crippen LogP contribution < -0.4 is 10.6 Å². The van der Waals surface area contributed by atoms with Crippen LogP contribution in [0.3, 0.4) is 0 Å². The standard InChI is InChI=1S/C24H32F4N6O2/c25-11-4-15-34(14-2-1-6-18-8-7-17-5-3-12-29-21(17)31-18)16-10-19(22(35)36)32-20-9-13-30-23(33-20)24(26,27)28/h7-9,13,19H,1-6,10-12,14-16H2,(H,29,31)(H,35,36)(H,30,32,33)/t19-/m0/s1. The molecule has 1 aliphatic heterocycles. The van der Waals surface area contributed by atoms with Crippen LogP contribution in [0.25, 0.3) is 0 Å². The molecule has 0 aromatic carbocycles. The Labute approximate surface area is 207 Å². The fourth-order valence-electron chi connectivity index (χ4n) is 4.09. The molecule has 0 fully saturated rings. The molecule has 12 heteroatoms. The molecular formula is C24H32F4N6O2. The van der Waals surface area contributed by atoms with Crippen LogP contribution in [-0.2, 0) is 23.8 Å². The molecule has 2 aromatic heterocycles. The molecule has 8 nitrogen and oxygen atoms in total. The average Bonchev–Trinajstić information content (AvgIpc) is 2.86. The summed E-state index contributed by atoms with van der Waals surface area (Å²) in [5.41, 5.74) is 2.25. The number of hydrogen-bond donors (Lipinski definition) is 3. The molecule has 3 heterocycles. The molecule has 1 aliphatic rings. The highest BCUT2D eigenvalue weighted by atomic mass is 19.4. The molecule has 36 heavy (non-hydrogen) atoms. The van der Waals surface area contributed by atoms with E-state index in [0.717, 1.165) is 56.4 Å². The van der Waals surface area contributed by atoms with Gasteiger partial charge in [-0.15, -0.1) is 0 Å². The number of halogens is 4. The number of hydrogen-bond acceptors (Lipinski definition) is 7. The van der Waals surface area contributed by atoms with Crippen LogP contribution in [0.2, 0.25) is 0 Å². The Morgan fingerprint density at radius 1 is 1.14 bits per heavy atom. The summed E-state index contributed by atoms with van der Waals surface area (Å²) in [6.07, 6.45) is 1.28. The number of pyridine rings is 1. The Bertz CT molecular complexity index is 991. The first-order valence-electron chi connectivity index (χ1n) is 12.2. The van der Waals surface area contributed by atoms with Crippen molar-refractivity contribution >= 4 is 17.6 Å². The van der Waals surface area contributed by atoms with Crippen LogP contribution in [-0.4, -0.2) is 69.8 Å². The normalized spacial score (nSPS) is 14.2. The molecule has 0 bridgehead atoms. The zero-order valence-electron chi connectivity index (χ0n) is 20.0. The Morgan fingerprint density at radius 2 is 1.94 bits per heavy atom. The van der Waals surface area contributed by atoms with Gasteiger partial charge in [-0.2, -0.15) is 13.2 Å². The lowest BCUT2D eigenvalue weighted by molar-refractivity contribution is -0.144. The summed E-state index contributed by atoms with van der Waals surface area (Å²) >= 11 is 0. The van der Waals surface area contributed by atoms with Crippen molar-refractivity contribution in [2.24, 2.45) is 0 Å². The number of carboxylic acids is 1. The molecule has 0 radical (unpaired) electrons. The van der Waals surface area contributed by atoms with E-state index in [4.69, 9.17) is 4.98 Å². The summed E-state index contributed by atoms with van der Waals surface area (Å²) in [5.74, 6) is -1.81. The number of aryl methyl sites for hydroxylation is 2. The third-order valence-electron chi connectivity index (χ3n) is 5.98. The van der Waals surface area contributed by atoms with E-state index in [2.05, 4.69) is 26.7 Å². The van der Waals surface area contributed by atoms with Gasteiger partial charge in [0.2, 0.25) is 5.82 Å². The van der Waals surface area contributed by atoms with Gasteiger partial charge in [-0.25, -0.2) is 19.7 Å². The number of anilines is 2. The van der Waals surface area contributed by atoms with Crippen molar-refractivity contribution in [3.63, 3.8) is 0 Å². The lowest BCUT2D eigenvalue weighted by atomic mass is 10.1. The van der Waals surface area contributed by atoms with Crippen molar-refractivity contribution in [1.29, 1.82) is 0 Å². The van der Waals surface area contributed by atoms with Crippen molar-refractivity contribution in [1.82, 2.24) is 19.9 Å². The minimum atomic E-state index is -4.73. The number of aromatic nitrogens is 3. The summed E-state index contributed by atoms with van der Waals surface area (Å²) in [6, 6.07) is 4.20. The van der Waals surface area contributed by atoms with Crippen LogP contribution >= 0.6 is 0 Å². The van der Waals surface area contributed by atoms with Crippen LogP contribution in [0, 0.1) is 0 Å². The van der Waals surface area contributed by atoms with Gasteiger partial charge in [-0.1, -0.05) is 6.07 Å². The van der Waals surface area contributed by atoms with E-state index in [1.54, 1.807) is 0 Å². The Morgan fingerprint density at radius 3 is 2.69 bits per heavy atom. The van der Waals surface area contributed by atoms with E-state index < -0.39 is 30.7 Å². The third-order valence-corrected chi connectivity index (χ3v) is 5.98. The highest BCUT2D eigenvalue weighted by molar-refractivity contribution is 5.76. The van der Waals surface area contributed by atoms with Crippen molar-refractivity contribution in [2.75, 3.05) is 43.5 Å². The molecule has 1 atom stereocenters. The van der Waals surface area contributed by atoms with Gasteiger partial charge in [0, 0.05) is 31.5 Å². The van der Waals surface area contributed by atoms with Gasteiger partial charge in [0.25, 0.3) is 0 Å². The third kappa shape index (κ3) is 8.58. The summed E-state index contributed by atoms with van der Waals surface area (Å²) in [7, 11) is 0. The SMILES string of the molecule is O=C(O)[C@H](CCN(CCCF)CCCCc1ccc2c(n1)NCCC2)Nc1ccnc(C(F)(F)F)n1. The average molecular weight is 513 g/mol. The molecule has 0 amide bonds. The van der Waals surface area contributed by atoms with Crippen molar-refractivity contribution in [3.8, 4) is 0 Å². The maximum absolute atomic E-state index is 12.9. The van der Waals surface area contributed by atoms with E-state index in [1.807, 2.05) is 11.0 Å².